The lowest BCUT2D eigenvalue weighted by molar-refractivity contribution is -0.140. The highest BCUT2D eigenvalue weighted by Crippen LogP contribution is 2.33. The summed E-state index contributed by atoms with van der Waals surface area (Å²) in [7, 11) is 1.26. The second-order valence-electron chi connectivity index (χ2n) is 7.69. The number of esters is 1. The highest BCUT2D eigenvalue weighted by molar-refractivity contribution is 9.10. The van der Waals surface area contributed by atoms with E-state index in [1.165, 1.54) is 29.0 Å². The maximum absolute atomic E-state index is 13.5. The molecule has 3 aromatic rings. The number of carbonyl (C=O) groups is 2. The summed E-state index contributed by atoms with van der Waals surface area (Å²) in [6, 6.07) is 17.9. The van der Waals surface area contributed by atoms with E-state index in [1.807, 2.05) is 0 Å². The molecule has 1 fully saturated rings. The van der Waals surface area contributed by atoms with Crippen LogP contribution >= 0.6 is 39.7 Å². The van der Waals surface area contributed by atoms with Gasteiger partial charge in [-0.05, 0) is 78.5 Å². The van der Waals surface area contributed by atoms with Gasteiger partial charge in [-0.1, -0.05) is 39.7 Å². The second-order valence-corrected chi connectivity index (χ2v) is 9.41. The Morgan fingerprint density at radius 1 is 1.11 bits per heavy atom. The highest BCUT2D eigenvalue weighted by Gasteiger charge is 2.40. The largest absolute Gasteiger partial charge is 0.488 e. The molecule has 0 radical (unpaired) electrons. The first-order chi connectivity index (χ1) is 17.3. The van der Waals surface area contributed by atoms with Crippen molar-refractivity contribution in [3.05, 3.63) is 98.9 Å². The Labute approximate surface area is 226 Å². The number of benzene rings is 3. The lowest BCUT2D eigenvalue weighted by atomic mass is 10.1. The molecule has 10 heteroatoms. The van der Waals surface area contributed by atoms with E-state index in [9.17, 15) is 14.0 Å². The predicted molar refractivity (Wildman–Crippen MR) is 143 cm³/mol. The molecule has 1 saturated heterocycles. The van der Waals surface area contributed by atoms with Crippen molar-refractivity contribution >= 4 is 68.5 Å². The molecule has 0 bridgehead atoms. The van der Waals surface area contributed by atoms with Crippen molar-refractivity contribution in [3.8, 4) is 5.75 Å². The summed E-state index contributed by atoms with van der Waals surface area (Å²) in [5.41, 5.74) is 2.03. The Balaban J connectivity index is 1.71. The van der Waals surface area contributed by atoms with E-state index in [0.29, 0.717) is 22.0 Å². The quantitative estimate of drug-likeness (QED) is 0.192. The summed E-state index contributed by atoms with van der Waals surface area (Å²) in [6.45, 7) is -0.0655. The van der Waals surface area contributed by atoms with E-state index < -0.39 is 11.9 Å². The monoisotopic (exact) mass is 588 g/mol. The Morgan fingerprint density at radius 3 is 2.47 bits per heavy atom. The summed E-state index contributed by atoms with van der Waals surface area (Å²) in [6.07, 6.45) is 1.61. The van der Waals surface area contributed by atoms with Crippen LogP contribution in [0.3, 0.4) is 0 Å². The van der Waals surface area contributed by atoms with Crippen LogP contribution in [-0.4, -0.2) is 35.5 Å². The predicted octanol–water partition coefficient (Wildman–Crippen LogP) is 5.97. The minimum absolute atomic E-state index is 0.128. The van der Waals surface area contributed by atoms with Gasteiger partial charge >= 0.3 is 5.97 Å². The first-order valence-corrected chi connectivity index (χ1v) is 12.2. The van der Waals surface area contributed by atoms with Crippen molar-refractivity contribution in [2.24, 2.45) is 0 Å². The van der Waals surface area contributed by atoms with Gasteiger partial charge in [0.05, 0.1) is 12.8 Å². The SMILES string of the molecule is COC(=O)CN1C(=S)N(c2ccc(Cl)cc2)C(=O)/C1=C/c1cc(Br)ccc1OCc1ccc(F)cc1. The van der Waals surface area contributed by atoms with Crippen molar-refractivity contribution < 1.29 is 23.5 Å². The topological polar surface area (TPSA) is 59.1 Å². The van der Waals surface area contributed by atoms with Crippen LogP contribution in [0, 0.1) is 5.82 Å². The molecule has 0 spiro atoms. The summed E-state index contributed by atoms with van der Waals surface area (Å²) in [5.74, 6) is -0.831. The molecular weight excluding hydrogens is 571 g/mol. The lowest BCUT2D eigenvalue weighted by Crippen LogP contribution is -2.35. The molecule has 4 rings (SSSR count). The third kappa shape index (κ3) is 5.75. The van der Waals surface area contributed by atoms with Gasteiger partial charge in [-0.2, -0.15) is 0 Å². The minimum atomic E-state index is -0.559. The molecule has 3 aromatic carbocycles. The molecule has 6 nitrogen and oxygen atoms in total. The summed E-state index contributed by atoms with van der Waals surface area (Å²) < 4.78 is 24.8. The third-order valence-electron chi connectivity index (χ3n) is 5.31. The van der Waals surface area contributed by atoms with E-state index >= 15 is 0 Å². The van der Waals surface area contributed by atoms with Gasteiger partial charge in [0.2, 0.25) is 0 Å². The van der Waals surface area contributed by atoms with Crippen LogP contribution in [0.25, 0.3) is 6.08 Å². The number of carbonyl (C=O) groups excluding carboxylic acids is 2. The van der Waals surface area contributed by atoms with Crippen molar-refractivity contribution in [3.63, 3.8) is 0 Å². The van der Waals surface area contributed by atoms with Gasteiger partial charge < -0.3 is 14.4 Å². The molecule has 0 unspecified atom stereocenters. The molecule has 1 heterocycles. The number of amides is 1. The molecule has 0 aromatic heterocycles. The zero-order valence-corrected chi connectivity index (χ0v) is 22.1. The number of methoxy groups -OCH3 is 1. The first-order valence-electron chi connectivity index (χ1n) is 10.6. The van der Waals surface area contributed by atoms with Crippen LogP contribution in [0.15, 0.2) is 76.9 Å². The minimum Gasteiger partial charge on any atom is -0.488 e. The summed E-state index contributed by atoms with van der Waals surface area (Å²) in [4.78, 5) is 28.5. The fourth-order valence-corrected chi connectivity index (χ4v) is 4.35. The van der Waals surface area contributed by atoms with Gasteiger partial charge in [-0.25, -0.2) is 4.39 Å². The molecule has 0 atom stereocenters. The number of ether oxygens (including phenoxy) is 2. The van der Waals surface area contributed by atoms with Crippen LogP contribution < -0.4 is 9.64 Å². The summed E-state index contributed by atoms with van der Waals surface area (Å²) >= 11 is 15.0. The average molecular weight is 590 g/mol. The molecule has 1 amide bonds. The molecule has 36 heavy (non-hydrogen) atoms. The zero-order chi connectivity index (χ0) is 25.8. The molecule has 1 aliphatic rings. The number of anilines is 1. The lowest BCUT2D eigenvalue weighted by Gasteiger charge is -2.19. The second kappa shape index (κ2) is 11.2. The van der Waals surface area contributed by atoms with Crippen LogP contribution in [0.4, 0.5) is 10.1 Å². The maximum Gasteiger partial charge on any atom is 0.325 e. The molecule has 184 valence electrons. The smallest absolute Gasteiger partial charge is 0.325 e. The maximum atomic E-state index is 13.5. The zero-order valence-electron chi connectivity index (χ0n) is 18.9. The van der Waals surface area contributed by atoms with Gasteiger partial charge in [0.15, 0.2) is 5.11 Å². The van der Waals surface area contributed by atoms with E-state index in [4.69, 9.17) is 33.3 Å². The number of hydrogen-bond acceptors (Lipinski definition) is 5. The van der Waals surface area contributed by atoms with Crippen molar-refractivity contribution in [1.82, 2.24) is 4.90 Å². The van der Waals surface area contributed by atoms with Gasteiger partial charge in [0, 0.05) is 15.1 Å². The fraction of sp³-hybridized carbons (Fsp3) is 0.115. The van der Waals surface area contributed by atoms with Gasteiger partial charge in [0.1, 0.15) is 30.4 Å². The number of halogens is 3. The van der Waals surface area contributed by atoms with Gasteiger partial charge in [-0.15, -0.1) is 0 Å². The average Bonchev–Trinajstić information content (AvgIpc) is 3.09. The van der Waals surface area contributed by atoms with Crippen LogP contribution in [0.1, 0.15) is 11.1 Å². The van der Waals surface area contributed by atoms with Crippen molar-refractivity contribution in [1.29, 1.82) is 0 Å². The third-order valence-corrected chi connectivity index (χ3v) is 6.45. The molecule has 1 aliphatic heterocycles. The fourth-order valence-electron chi connectivity index (χ4n) is 3.50. The number of rotatable bonds is 7. The molecule has 0 aliphatic carbocycles. The number of hydrogen-bond donors (Lipinski definition) is 0. The van der Waals surface area contributed by atoms with Crippen molar-refractivity contribution in [2.75, 3.05) is 18.6 Å². The Kier molecular flexibility index (Phi) is 8.03. The number of thiocarbonyl (C=S) groups is 1. The van der Waals surface area contributed by atoms with Crippen LogP contribution in [0.5, 0.6) is 5.75 Å². The summed E-state index contributed by atoms with van der Waals surface area (Å²) in [5, 5.41) is 0.637. The van der Waals surface area contributed by atoms with Crippen LogP contribution in [-0.2, 0) is 20.9 Å². The van der Waals surface area contributed by atoms with Gasteiger partial charge in [0.25, 0.3) is 5.91 Å². The first kappa shape index (κ1) is 25.8. The Morgan fingerprint density at radius 2 is 1.81 bits per heavy atom. The van der Waals surface area contributed by atoms with E-state index in [-0.39, 0.29) is 29.8 Å². The molecular formula is C26H19BrClFN2O4S. The van der Waals surface area contributed by atoms with E-state index in [0.717, 1.165) is 10.0 Å². The van der Waals surface area contributed by atoms with E-state index in [1.54, 1.807) is 60.7 Å². The highest BCUT2D eigenvalue weighted by atomic mass is 79.9. The normalized spacial score (nSPS) is 14.5. The molecule has 0 saturated carbocycles. The number of nitrogens with zero attached hydrogens (tertiary/aromatic N) is 2. The van der Waals surface area contributed by atoms with Crippen molar-refractivity contribution in [2.45, 2.75) is 6.61 Å². The molecule has 0 N–H and O–H groups in total. The van der Waals surface area contributed by atoms with Crippen LogP contribution in [0.2, 0.25) is 5.02 Å². The van der Waals surface area contributed by atoms with E-state index in [2.05, 4.69) is 15.9 Å². The Hall–Kier alpha value is -3.27. The van der Waals surface area contributed by atoms with Gasteiger partial charge in [-0.3, -0.25) is 14.5 Å². The Bertz CT molecular complexity index is 1350. The standard InChI is InChI=1S/C26H19BrClFN2O4S/c1-34-24(32)14-30-22(25(33)31(26(30)36)21-9-5-19(28)6-10-21)13-17-12-18(27)4-11-23(17)35-15-16-2-7-20(29)8-3-16/h2-13H,14-15H2,1H3/b22-13-.